The van der Waals surface area contributed by atoms with Crippen molar-refractivity contribution >= 4 is 22.8 Å². The summed E-state index contributed by atoms with van der Waals surface area (Å²) in [5, 5.41) is 19.7. The molecule has 7 nitrogen and oxygen atoms in total. The van der Waals surface area contributed by atoms with Gasteiger partial charge in [0.25, 0.3) is 0 Å². The second kappa shape index (κ2) is 7.14. The van der Waals surface area contributed by atoms with E-state index in [1.807, 2.05) is 4.90 Å². The molecule has 0 bridgehead atoms. The van der Waals surface area contributed by atoms with Crippen molar-refractivity contribution in [2.75, 3.05) is 20.2 Å². The highest BCUT2D eigenvalue weighted by Gasteiger charge is 2.31. The average Bonchev–Trinajstić information content (AvgIpc) is 2.92. The fourth-order valence-corrected chi connectivity index (χ4v) is 3.59. The van der Waals surface area contributed by atoms with E-state index in [9.17, 15) is 14.7 Å². The van der Waals surface area contributed by atoms with Crippen molar-refractivity contribution in [2.45, 2.75) is 31.8 Å². The van der Waals surface area contributed by atoms with Gasteiger partial charge in [0.1, 0.15) is 18.3 Å². The third-order valence-corrected chi connectivity index (χ3v) is 4.71. The molecule has 0 saturated carbocycles. The van der Waals surface area contributed by atoms with Crippen LogP contribution in [0.15, 0.2) is 24.4 Å². The van der Waals surface area contributed by atoms with E-state index < -0.39 is 18.0 Å². The fraction of sp³-hybridized carbons (Fsp3) is 0.444. The van der Waals surface area contributed by atoms with Gasteiger partial charge in [-0.05, 0) is 44.1 Å². The number of methoxy groups -OCH3 is 1. The quantitative estimate of drug-likeness (QED) is 0.834. The van der Waals surface area contributed by atoms with Crippen LogP contribution in [0.5, 0.6) is 5.75 Å². The number of aliphatic carboxylic acids is 2. The SMILES string of the molecule is COc1ccc2c(c1)c([C@H](C(=O)O)N1CCCCC1)cn2CC(=O)O. The van der Waals surface area contributed by atoms with Gasteiger partial charge in [-0.3, -0.25) is 14.5 Å². The largest absolute Gasteiger partial charge is 0.497 e. The highest BCUT2D eigenvalue weighted by atomic mass is 16.5. The molecule has 0 aliphatic carbocycles. The Balaban J connectivity index is 2.14. The van der Waals surface area contributed by atoms with E-state index in [1.54, 1.807) is 36.1 Å². The standard InChI is InChI=1S/C18H22N2O5/c1-25-12-5-6-15-13(9-12)14(10-20(15)11-16(21)22)17(18(23)24)19-7-3-2-4-8-19/h5-6,9-10,17H,2-4,7-8,11H2,1H3,(H,21,22)(H,23,24)/t17-/m1/s1. The van der Waals surface area contributed by atoms with E-state index in [0.29, 0.717) is 16.8 Å². The number of hydrogen-bond acceptors (Lipinski definition) is 4. The number of aromatic nitrogens is 1. The van der Waals surface area contributed by atoms with Crippen LogP contribution in [0.25, 0.3) is 10.9 Å². The first-order chi connectivity index (χ1) is 12.0. The van der Waals surface area contributed by atoms with Crippen molar-refractivity contribution in [3.8, 4) is 5.75 Å². The average molecular weight is 346 g/mol. The van der Waals surface area contributed by atoms with Crippen molar-refractivity contribution in [3.05, 3.63) is 30.0 Å². The van der Waals surface area contributed by atoms with E-state index >= 15 is 0 Å². The number of ether oxygens (including phenoxy) is 1. The Morgan fingerprint density at radius 1 is 1.20 bits per heavy atom. The zero-order chi connectivity index (χ0) is 18.0. The summed E-state index contributed by atoms with van der Waals surface area (Å²) >= 11 is 0. The summed E-state index contributed by atoms with van der Waals surface area (Å²) in [6.07, 6.45) is 4.71. The maximum Gasteiger partial charge on any atom is 0.325 e. The van der Waals surface area contributed by atoms with Crippen LogP contribution in [0.4, 0.5) is 0 Å². The van der Waals surface area contributed by atoms with E-state index in [1.165, 1.54) is 0 Å². The normalized spacial score (nSPS) is 16.7. The summed E-state index contributed by atoms with van der Waals surface area (Å²) in [4.78, 5) is 25.2. The molecule has 1 saturated heterocycles. The summed E-state index contributed by atoms with van der Waals surface area (Å²) in [6.45, 7) is 1.24. The molecule has 2 N–H and O–H groups in total. The molecule has 0 amide bonds. The molecule has 1 atom stereocenters. The molecular weight excluding hydrogens is 324 g/mol. The number of carbonyl (C=O) groups is 2. The molecule has 1 fully saturated rings. The van der Waals surface area contributed by atoms with Crippen molar-refractivity contribution in [2.24, 2.45) is 0 Å². The Hall–Kier alpha value is -2.54. The van der Waals surface area contributed by atoms with Gasteiger partial charge in [0.2, 0.25) is 0 Å². The van der Waals surface area contributed by atoms with Crippen LogP contribution in [0.2, 0.25) is 0 Å². The lowest BCUT2D eigenvalue weighted by Crippen LogP contribution is -2.37. The van der Waals surface area contributed by atoms with Gasteiger partial charge in [-0.2, -0.15) is 0 Å². The fourth-order valence-electron chi connectivity index (χ4n) is 3.59. The lowest BCUT2D eigenvalue weighted by Gasteiger charge is -2.31. The van der Waals surface area contributed by atoms with Crippen LogP contribution in [-0.4, -0.2) is 51.8 Å². The van der Waals surface area contributed by atoms with Crippen LogP contribution in [-0.2, 0) is 16.1 Å². The molecule has 25 heavy (non-hydrogen) atoms. The van der Waals surface area contributed by atoms with Crippen molar-refractivity contribution in [1.82, 2.24) is 9.47 Å². The molecule has 0 unspecified atom stereocenters. The lowest BCUT2D eigenvalue weighted by molar-refractivity contribution is -0.144. The lowest BCUT2D eigenvalue weighted by atomic mass is 10.0. The molecule has 134 valence electrons. The topological polar surface area (TPSA) is 92.0 Å². The summed E-state index contributed by atoms with van der Waals surface area (Å²) in [7, 11) is 1.55. The number of likely N-dealkylation sites (tertiary alicyclic amines) is 1. The highest BCUT2D eigenvalue weighted by Crippen LogP contribution is 2.34. The molecule has 2 aromatic rings. The third-order valence-electron chi connectivity index (χ3n) is 4.71. The number of carboxylic acid groups (broad SMARTS) is 2. The minimum Gasteiger partial charge on any atom is -0.497 e. The number of benzene rings is 1. The van der Waals surface area contributed by atoms with Gasteiger partial charge in [0.15, 0.2) is 0 Å². The van der Waals surface area contributed by atoms with Gasteiger partial charge in [0.05, 0.1) is 7.11 Å². The second-order valence-electron chi connectivity index (χ2n) is 6.33. The van der Waals surface area contributed by atoms with Crippen LogP contribution < -0.4 is 4.74 Å². The number of rotatable bonds is 6. The Bertz CT molecular complexity index is 792. The van der Waals surface area contributed by atoms with Gasteiger partial charge in [-0.25, -0.2) is 0 Å². The maximum atomic E-state index is 12.0. The van der Waals surface area contributed by atoms with Crippen molar-refractivity contribution < 1.29 is 24.5 Å². The third kappa shape index (κ3) is 3.46. The summed E-state index contributed by atoms with van der Waals surface area (Å²) < 4.78 is 6.86. The molecule has 1 aliphatic rings. The minimum atomic E-state index is -0.968. The highest BCUT2D eigenvalue weighted by molar-refractivity contribution is 5.91. The molecule has 1 aromatic heterocycles. The molecule has 1 aliphatic heterocycles. The first-order valence-corrected chi connectivity index (χ1v) is 8.36. The molecule has 7 heteroatoms. The van der Waals surface area contributed by atoms with Gasteiger partial charge < -0.3 is 19.5 Å². The Morgan fingerprint density at radius 2 is 1.92 bits per heavy atom. The number of hydrogen-bond donors (Lipinski definition) is 2. The van der Waals surface area contributed by atoms with Gasteiger partial charge in [-0.1, -0.05) is 6.42 Å². The van der Waals surface area contributed by atoms with Crippen LogP contribution in [0.3, 0.4) is 0 Å². The summed E-state index contributed by atoms with van der Waals surface area (Å²) in [5.41, 5.74) is 1.31. The van der Waals surface area contributed by atoms with E-state index in [2.05, 4.69) is 0 Å². The summed E-state index contributed by atoms with van der Waals surface area (Å²) in [5.74, 6) is -1.27. The minimum absolute atomic E-state index is 0.213. The van der Waals surface area contributed by atoms with Gasteiger partial charge in [-0.15, -0.1) is 0 Å². The number of piperidine rings is 1. The van der Waals surface area contributed by atoms with E-state index in [4.69, 9.17) is 9.84 Å². The zero-order valence-electron chi connectivity index (χ0n) is 14.1. The maximum absolute atomic E-state index is 12.0. The molecule has 0 radical (unpaired) electrons. The van der Waals surface area contributed by atoms with Crippen molar-refractivity contribution in [1.29, 1.82) is 0 Å². The van der Waals surface area contributed by atoms with Crippen LogP contribution >= 0.6 is 0 Å². The summed E-state index contributed by atoms with van der Waals surface area (Å²) in [6, 6.07) is 4.52. The number of fused-ring (bicyclic) bond motifs is 1. The first kappa shape index (κ1) is 17.3. The number of carboxylic acids is 2. The Kier molecular flexibility index (Phi) is 4.94. The smallest absolute Gasteiger partial charge is 0.325 e. The first-order valence-electron chi connectivity index (χ1n) is 8.36. The Morgan fingerprint density at radius 3 is 2.52 bits per heavy atom. The molecule has 2 heterocycles. The predicted molar refractivity (Wildman–Crippen MR) is 91.9 cm³/mol. The number of nitrogens with zero attached hydrogens (tertiary/aromatic N) is 2. The molecule has 1 aromatic carbocycles. The van der Waals surface area contributed by atoms with Crippen LogP contribution in [0, 0.1) is 0 Å². The van der Waals surface area contributed by atoms with Gasteiger partial charge >= 0.3 is 11.9 Å². The monoisotopic (exact) mass is 346 g/mol. The predicted octanol–water partition coefficient (Wildman–Crippen LogP) is 2.35. The molecule has 0 spiro atoms. The Labute approximate surface area is 145 Å². The van der Waals surface area contributed by atoms with Crippen molar-refractivity contribution in [3.63, 3.8) is 0 Å². The van der Waals surface area contributed by atoms with Gasteiger partial charge in [0, 0.05) is 22.7 Å². The van der Waals surface area contributed by atoms with E-state index in [0.717, 1.165) is 37.7 Å². The van der Waals surface area contributed by atoms with E-state index in [-0.39, 0.29) is 6.54 Å². The second-order valence-corrected chi connectivity index (χ2v) is 6.33. The molecule has 3 rings (SSSR count). The molecular formula is C18H22N2O5. The van der Waals surface area contributed by atoms with Crippen LogP contribution in [0.1, 0.15) is 30.9 Å². The zero-order valence-corrected chi connectivity index (χ0v) is 14.1.